The van der Waals surface area contributed by atoms with Gasteiger partial charge in [0, 0.05) is 25.1 Å². The SMILES string of the molecule is COP(C)(=O)Nc1ccc(N)cc1. The Morgan fingerprint density at radius 2 is 1.92 bits per heavy atom. The molecule has 0 aliphatic heterocycles. The van der Waals surface area contributed by atoms with E-state index in [0.717, 1.165) is 5.69 Å². The normalized spacial score (nSPS) is 14.9. The molecule has 0 saturated carbocycles. The molecular weight excluding hydrogens is 187 g/mol. The lowest BCUT2D eigenvalue weighted by molar-refractivity contribution is 0.403. The number of hydrogen-bond acceptors (Lipinski definition) is 3. The van der Waals surface area contributed by atoms with E-state index in [-0.39, 0.29) is 0 Å². The van der Waals surface area contributed by atoms with Crippen molar-refractivity contribution >= 4 is 18.9 Å². The van der Waals surface area contributed by atoms with E-state index in [1.165, 1.54) is 13.8 Å². The highest BCUT2D eigenvalue weighted by Gasteiger charge is 2.11. The van der Waals surface area contributed by atoms with Crippen molar-refractivity contribution in [1.29, 1.82) is 0 Å². The first-order chi connectivity index (χ1) is 6.03. The number of anilines is 2. The lowest BCUT2D eigenvalue weighted by Crippen LogP contribution is -1.96. The Morgan fingerprint density at radius 3 is 2.38 bits per heavy atom. The number of rotatable bonds is 3. The molecule has 0 aliphatic rings. The van der Waals surface area contributed by atoms with Crippen molar-refractivity contribution in [2.75, 3.05) is 24.6 Å². The lowest BCUT2D eigenvalue weighted by atomic mass is 10.3. The van der Waals surface area contributed by atoms with Crippen LogP contribution in [0.15, 0.2) is 24.3 Å². The quantitative estimate of drug-likeness (QED) is 0.579. The molecule has 0 radical (unpaired) electrons. The molecule has 0 aliphatic carbocycles. The van der Waals surface area contributed by atoms with Gasteiger partial charge in [-0.25, -0.2) is 0 Å². The van der Waals surface area contributed by atoms with Crippen LogP contribution < -0.4 is 10.8 Å². The zero-order valence-corrected chi connectivity index (χ0v) is 8.54. The smallest absolute Gasteiger partial charge is 0.290 e. The minimum Gasteiger partial charge on any atom is -0.399 e. The molecule has 1 rings (SSSR count). The molecule has 72 valence electrons. The summed E-state index contributed by atoms with van der Waals surface area (Å²) in [5, 5.41) is 2.77. The zero-order chi connectivity index (χ0) is 9.90. The number of nitrogens with two attached hydrogens (primary N) is 1. The Hall–Kier alpha value is -0.990. The molecule has 1 aromatic rings. The summed E-state index contributed by atoms with van der Waals surface area (Å²) in [6, 6.07) is 6.98. The summed E-state index contributed by atoms with van der Waals surface area (Å²) >= 11 is 0. The van der Waals surface area contributed by atoms with Crippen LogP contribution in [0, 0.1) is 0 Å². The first kappa shape index (κ1) is 10.1. The van der Waals surface area contributed by atoms with Crippen LogP contribution in [0.4, 0.5) is 11.4 Å². The summed E-state index contributed by atoms with van der Waals surface area (Å²) in [7, 11) is -1.29. The summed E-state index contributed by atoms with van der Waals surface area (Å²) in [6.45, 7) is 1.52. The van der Waals surface area contributed by atoms with E-state index < -0.39 is 7.52 Å². The van der Waals surface area contributed by atoms with Gasteiger partial charge in [-0.1, -0.05) is 0 Å². The number of benzene rings is 1. The maximum atomic E-state index is 11.5. The third-order valence-electron chi connectivity index (χ3n) is 1.59. The fourth-order valence-electron chi connectivity index (χ4n) is 0.838. The van der Waals surface area contributed by atoms with Gasteiger partial charge in [0.05, 0.1) is 0 Å². The number of nitrogens with one attached hydrogen (secondary N) is 1. The highest BCUT2D eigenvalue weighted by Crippen LogP contribution is 2.41. The molecule has 13 heavy (non-hydrogen) atoms. The number of nitrogen functional groups attached to an aromatic ring is 1. The van der Waals surface area contributed by atoms with Crippen molar-refractivity contribution in [1.82, 2.24) is 0 Å². The highest BCUT2D eigenvalue weighted by atomic mass is 31.2. The third kappa shape index (κ3) is 3.09. The second-order valence-electron chi connectivity index (χ2n) is 2.76. The molecule has 0 saturated heterocycles. The Bertz CT molecular complexity index is 323. The van der Waals surface area contributed by atoms with Gasteiger partial charge in [0.15, 0.2) is 0 Å². The van der Waals surface area contributed by atoms with Gasteiger partial charge >= 0.3 is 0 Å². The molecule has 0 fully saturated rings. The first-order valence-electron chi connectivity index (χ1n) is 3.80. The van der Waals surface area contributed by atoms with E-state index in [4.69, 9.17) is 10.3 Å². The van der Waals surface area contributed by atoms with Crippen molar-refractivity contribution in [2.24, 2.45) is 0 Å². The molecule has 1 aromatic carbocycles. The lowest BCUT2D eigenvalue weighted by Gasteiger charge is -2.13. The highest BCUT2D eigenvalue weighted by molar-refractivity contribution is 7.59. The molecule has 1 atom stereocenters. The molecule has 3 N–H and O–H groups in total. The molecular formula is C8H13N2O2P. The maximum Gasteiger partial charge on any atom is 0.290 e. The van der Waals surface area contributed by atoms with E-state index in [1.807, 2.05) is 0 Å². The predicted molar refractivity (Wildman–Crippen MR) is 55.0 cm³/mol. The van der Waals surface area contributed by atoms with Crippen molar-refractivity contribution in [2.45, 2.75) is 0 Å². The van der Waals surface area contributed by atoms with E-state index in [1.54, 1.807) is 24.3 Å². The van der Waals surface area contributed by atoms with Crippen molar-refractivity contribution in [3.63, 3.8) is 0 Å². The third-order valence-corrected chi connectivity index (χ3v) is 2.95. The Kier molecular flexibility index (Phi) is 2.96. The molecule has 0 spiro atoms. The van der Waals surface area contributed by atoms with E-state index in [2.05, 4.69) is 5.09 Å². The van der Waals surface area contributed by atoms with Gasteiger partial charge in [0.1, 0.15) is 0 Å². The second-order valence-corrected chi connectivity index (χ2v) is 5.04. The minimum absolute atomic E-state index is 0.675. The van der Waals surface area contributed by atoms with Crippen LogP contribution in [0.5, 0.6) is 0 Å². The summed E-state index contributed by atoms with van der Waals surface area (Å²) in [5.74, 6) is 0. The summed E-state index contributed by atoms with van der Waals surface area (Å²) < 4.78 is 16.3. The molecule has 4 nitrogen and oxygen atoms in total. The monoisotopic (exact) mass is 200 g/mol. The van der Waals surface area contributed by atoms with Crippen LogP contribution in [0.1, 0.15) is 0 Å². The summed E-state index contributed by atoms with van der Waals surface area (Å²) in [5.41, 5.74) is 6.91. The standard InChI is InChI=1S/C8H13N2O2P/c1-12-13(2,11)10-8-5-3-7(9)4-6-8/h3-6H,9H2,1-2H3,(H,10,11). The second kappa shape index (κ2) is 3.81. The fourth-order valence-corrected chi connectivity index (χ4v) is 1.55. The average molecular weight is 200 g/mol. The van der Waals surface area contributed by atoms with E-state index in [0.29, 0.717) is 5.69 Å². The van der Waals surface area contributed by atoms with Crippen LogP contribution in [-0.4, -0.2) is 13.8 Å². The Balaban J connectivity index is 2.75. The molecule has 0 heterocycles. The van der Waals surface area contributed by atoms with E-state index >= 15 is 0 Å². The molecule has 1 unspecified atom stereocenters. The number of hydrogen-bond donors (Lipinski definition) is 2. The average Bonchev–Trinajstić information content (AvgIpc) is 2.09. The van der Waals surface area contributed by atoms with Crippen LogP contribution in [0.2, 0.25) is 0 Å². The Morgan fingerprint density at radius 1 is 1.38 bits per heavy atom. The first-order valence-corrected chi connectivity index (χ1v) is 5.88. The van der Waals surface area contributed by atoms with Crippen molar-refractivity contribution < 1.29 is 9.09 Å². The van der Waals surface area contributed by atoms with Crippen LogP contribution in [-0.2, 0) is 9.09 Å². The molecule has 5 heteroatoms. The fraction of sp³-hybridized carbons (Fsp3) is 0.250. The van der Waals surface area contributed by atoms with Gasteiger partial charge in [0.25, 0.3) is 7.52 Å². The summed E-state index contributed by atoms with van der Waals surface area (Å²) in [6.07, 6.45) is 0. The molecule has 0 amide bonds. The van der Waals surface area contributed by atoms with Gasteiger partial charge in [-0.15, -0.1) is 0 Å². The zero-order valence-electron chi connectivity index (χ0n) is 7.65. The van der Waals surface area contributed by atoms with Gasteiger partial charge in [-0.2, -0.15) is 0 Å². The Labute approximate surface area is 77.6 Å². The summed E-state index contributed by atoms with van der Waals surface area (Å²) in [4.78, 5) is 0. The largest absolute Gasteiger partial charge is 0.399 e. The topological polar surface area (TPSA) is 64.3 Å². The van der Waals surface area contributed by atoms with Crippen LogP contribution in [0.25, 0.3) is 0 Å². The minimum atomic E-state index is -2.70. The van der Waals surface area contributed by atoms with Gasteiger partial charge < -0.3 is 15.3 Å². The van der Waals surface area contributed by atoms with Crippen molar-refractivity contribution in [3.05, 3.63) is 24.3 Å². The van der Waals surface area contributed by atoms with Crippen LogP contribution >= 0.6 is 7.52 Å². The van der Waals surface area contributed by atoms with Crippen molar-refractivity contribution in [3.8, 4) is 0 Å². The van der Waals surface area contributed by atoms with Gasteiger partial charge in [-0.3, -0.25) is 4.57 Å². The van der Waals surface area contributed by atoms with E-state index in [9.17, 15) is 4.57 Å². The molecule has 0 bridgehead atoms. The van der Waals surface area contributed by atoms with Gasteiger partial charge in [-0.05, 0) is 24.3 Å². The maximum absolute atomic E-state index is 11.5. The van der Waals surface area contributed by atoms with Crippen LogP contribution in [0.3, 0.4) is 0 Å². The molecule has 0 aromatic heterocycles. The van der Waals surface area contributed by atoms with Gasteiger partial charge in [0.2, 0.25) is 0 Å². The predicted octanol–water partition coefficient (Wildman–Crippen LogP) is 2.15.